The van der Waals surface area contributed by atoms with Crippen LogP contribution < -0.4 is 0 Å². The van der Waals surface area contributed by atoms with E-state index in [-0.39, 0.29) is 6.03 Å². The van der Waals surface area contributed by atoms with Crippen LogP contribution in [0.1, 0.15) is 43.7 Å². The summed E-state index contributed by atoms with van der Waals surface area (Å²) >= 11 is 0. The molecule has 2 aliphatic rings. The highest BCUT2D eigenvalue weighted by Gasteiger charge is 2.26. The number of carbonyl (C=O) groups excluding carboxylic acids is 1. The van der Waals surface area contributed by atoms with Crippen molar-refractivity contribution in [3.8, 4) is 0 Å². The molecule has 0 atom stereocenters. The summed E-state index contributed by atoms with van der Waals surface area (Å²) in [5, 5.41) is 4.30. The SMILES string of the molecule is CCN(CC)C(=O)N1CCN(Cc2noc3c2CCCC3)CC1. The molecule has 0 bridgehead atoms. The Bertz CT molecular complexity index is 531. The average Bonchev–Trinajstić information content (AvgIpc) is 3.00. The largest absolute Gasteiger partial charge is 0.361 e. The summed E-state index contributed by atoms with van der Waals surface area (Å²) in [6.45, 7) is 9.90. The van der Waals surface area contributed by atoms with Crippen molar-refractivity contribution in [3.05, 3.63) is 17.0 Å². The Labute approximate surface area is 138 Å². The van der Waals surface area contributed by atoms with Crippen LogP contribution in [0.25, 0.3) is 0 Å². The van der Waals surface area contributed by atoms with E-state index in [2.05, 4.69) is 10.1 Å². The van der Waals surface area contributed by atoms with Crippen LogP contribution >= 0.6 is 0 Å². The molecule has 0 radical (unpaired) electrons. The lowest BCUT2D eigenvalue weighted by Gasteiger charge is -2.37. The number of carbonyl (C=O) groups is 1. The van der Waals surface area contributed by atoms with Crippen LogP contribution in [0.2, 0.25) is 0 Å². The molecule has 2 heterocycles. The fourth-order valence-electron chi connectivity index (χ4n) is 3.58. The zero-order chi connectivity index (χ0) is 16.2. The number of piperazine rings is 1. The Kier molecular flexibility index (Phi) is 5.20. The molecular weight excluding hydrogens is 292 g/mol. The van der Waals surface area contributed by atoms with E-state index in [1.54, 1.807) is 0 Å². The molecule has 23 heavy (non-hydrogen) atoms. The highest BCUT2D eigenvalue weighted by molar-refractivity contribution is 5.74. The van der Waals surface area contributed by atoms with Crippen LogP contribution in [-0.4, -0.2) is 65.2 Å². The van der Waals surface area contributed by atoms with Gasteiger partial charge in [-0.15, -0.1) is 0 Å². The number of aryl methyl sites for hydroxylation is 1. The average molecular weight is 320 g/mol. The van der Waals surface area contributed by atoms with Crippen LogP contribution in [0, 0.1) is 0 Å². The Morgan fingerprint density at radius 3 is 2.52 bits per heavy atom. The van der Waals surface area contributed by atoms with Gasteiger partial charge in [-0.05, 0) is 33.1 Å². The molecule has 3 rings (SSSR count). The summed E-state index contributed by atoms with van der Waals surface area (Å²) in [5.74, 6) is 1.10. The summed E-state index contributed by atoms with van der Waals surface area (Å²) in [4.78, 5) is 18.6. The van der Waals surface area contributed by atoms with Crippen LogP contribution in [-0.2, 0) is 19.4 Å². The molecule has 1 aromatic rings. The van der Waals surface area contributed by atoms with Gasteiger partial charge in [0.25, 0.3) is 0 Å². The molecule has 6 heteroatoms. The van der Waals surface area contributed by atoms with Gasteiger partial charge in [-0.2, -0.15) is 0 Å². The molecule has 1 aromatic heterocycles. The summed E-state index contributed by atoms with van der Waals surface area (Å²) in [5.41, 5.74) is 2.46. The number of aromatic nitrogens is 1. The van der Waals surface area contributed by atoms with Gasteiger partial charge in [0.1, 0.15) is 11.5 Å². The van der Waals surface area contributed by atoms with Crippen LogP contribution in [0.15, 0.2) is 4.52 Å². The van der Waals surface area contributed by atoms with Crippen molar-refractivity contribution in [2.45, 2.75) is 46.1 Å². The lowest BCUT2D eigenvalue weighted by Crippen LogP contribution is -2.52. The minimum atomic E-state index is 0.175. The minimum absolute atomic E-state index is 0.175. The third-order valence-corrected chi connectivity index (χ3v) is 5.08. The lowest BCUT2D eigenvalue weighted by molar-refractivity contribution is 0.111. The number of fused-ring (bicyclic) bond motifs is 1. The van der Waals surface area contributed by atoms with Gasteiger partial charge in [0.05, 0.1) is 0 Å². The first-order valence-electron chi connectivity index (χ1n) is 8.95. The molecule has 1 fully saturated rings. The van der Waals surface area contributed by atoms with E-state index in [0.717, 1.165) is 70.1 Å². The lowest BCUT2D eigenvalue weighted by atomic mass is 9.96. The van der Waals surface area contributed by atoms with Crippen molar-refractivity contribution < 1.29 is 9.32 Å². The van der Waals surface area contributed by atoms with Gasteiger partial charge in [-0.1, -0.05) is 5.16 Å². The molecule has 0 unspecified atom stereocenters. The predicted octanol–water partition coefficient (Wildman–Crippen LogP) is 2.13. The van der Waals surface area contributed by atoms with Crippen molar-refractivity contribution >= 4 is 6.03 Å². The monoisotopic (exact) mass is 320 g/mol. The second kappa shape index (κ2) is 7.34. The third-order valence-electron chi connectivity index (χ3n) is 5.08. The van der Waals surface area contributed by atoms with Crippen LogP contribution in [0.5, 0.6) is 0 Å². The second-order valence-electron chi connectivity index (χ2n) is 6.46. The molecule has 0 aromatic carbocycles. The number of rotatable bonds is 4. The Hall–Kier alpha value is -1.56. The second-order valence-corrected chi connectivity index (χ2v) is 6.46. The maximum atomic E-state index is 12.4. The van der Waals surface area contributed by atoms with Crippen LogP contribution in [0.3, 0.4) is 0 Å². The van der Waals surface area contributed by atoms with Gasteiger partial charge in [0.15, 0.2) is 0 Å². The van der Waals surface area contributed by atoms with E-state index in [1.165, 1.54) is 18.4 Å². The fourth-order valence-corrected chi connectivity index (χ4v) is 3.58. The number of nitrogens with zero attached hydrogens (tertiary/aromatic N) is 4. The first-order chi connectivity index (χ1) is 11.2. The number of hydrogen-bond donors (Lipinski definition) is 0. The molecule has 2 amide bonds. The number of amides is 2. The van der Waals surface area contributed by atoms with Gasteiger partial charge in [0, 0.05) is 57.8 Å². The molecule has 128 valence electrons. The highest BCUT2D eigenvalue weighted by Crippen LogP contribution is 2.25. The van der Waals surface area contributed by atoms with Crippen molar-refractivity contribution in [1.29, 1.82) is 0 Å². The first kappa shape index (κ1) is 16.3. The summed E-state index contributed by atoms with van der Waals surface area (Å²) < 4.78 is 5.50. The quantitative estimate of drug-likeness (QED) is 0.853. The van der Waals surface area contributed by atoms with Gasteiger partial charge in [-0.3, -0.25) is 4.90 Å². The molecule has 1 saturated heterocycles. The highest BCUT2D eigenvalue weighted by atomic mass is 16.5. The van der Waals surface area contributed by atoms with Gasteiger partial charge in [0.2, 0.25) is 0 Å². The van der Waals surface area contributed by atoms with Crippen molar-refractivity contribution in [2.24, 2.45) is 0 Å². The summed E-state index contributed by atoms with van der Waals surface area (Å²) in [6.07, 6.45) is 4.60. The molecule has 1 aliphatic carbocycles. The smallest absolute Gasteiger partial charge is 0.320 e. The van der Waals surface area contributed by atoms with Crippen molar-refractivity contribution in [2.75, 3.05) is 39.3 Å². The normalized spacial score (nSPS) is 18.8. The third kappa shape index (κ3) is 3.52. The zero-order valence-electron chi connectivity index (χ0n) is 14.4. The summed E-state index contributed by atoms with van der Waals surface area (Å²) in [6, 6.07) is 0.175. The standard InChI is InChI=1S/C17H28N4O2/c1-3-20(4-2)17(22)21-11-9-19(10-12-21)13-15-14-7-5-6-8-16(14)23-18-15/h3-13H2,1-2H3. The van der Waals surface area contributed by atoms with E-state index in [0.29, 0.717) is 0 Å². The maximum absolute atomic E-state index is 12.4. The Morgan fingerprint density at radius 2 is 1.83 bits per heavy atom. The topological polar surface area (TPSA) is 52.8 Å². The van der Waals surface area contributed by atoms with E-state index in [1.807, 2.05) is 23.6 Å². The predicted molar refractivity (Wildman–Crippen MR) is 88.3 cm³/mol. The molecular formula is C17H28N4O2. The maximum Gasteiger partial charge on any atom is 0.320 e. The fraction of sp³-hybridized carbons (Fsp3) is 0.765. The molecule has 0 saturated carbocycles. The number of hydrogen-bond acceptors (Lipinski definition) is 4. The van der Waals surface area contributed by atoms with Gasteiger partial charge in [-0.25, -0.2) is 4.79 Å². The first-order valence-corrected chi connectivity index (χ1v) is 8.95. The van der Waals surface area contributed by atoms with E-state index in [4.69, 9.17) is 4.52 Å². The van der Waals surface area contributed by atoms with Crippen LogP contribution in [0.4, 0.5) is 4.79 Å². The number of urea groups is 1. The summed E-state index contributed by atoms with van der Waals surface area (Å²) in [7, 11) is 0. The molecule has 0 N–H and O–H groups in total. The minimum Gasteiger partial charge on any atom is -0.361 e. The van der Waals surface area contributed by atoms with E-state index in [9.17, 15) is 4.79 Å². The Morgan fingerprint density at radius 1 is 1.13 bits per heavy atom. The van der Waals surface area contributed by atoms with E-state index < -0.39 is 0 Å². The molecule has 6 nitrogen and oxygen atoms in total. The molecule has 0 spiro atoms. The Balaban J connectivity index is 1.53. The van der Waals surface area contributed by atoms with Gasteiger partial charge < -0.3 is 14.3 Å². The van der Waals surface area contributed by atoms with Gasteiger partial charge >= 0.3 is 6.03 Å². The molecule has 1 aliphatic heterocycles. The van der Waals surface area contributed by atoms with Crippen molar-refractivity contribution in [3.63, 3.8) is 0 Å². The zero-order valence-corrected chi connectivity index (χ0v) is 14.4. The van der Waals surface area contributed by atoms with Crippen molar-refractivity contribution in [1.82, 2.24) is 19.9 Å². The van der Waals surface area contributed by atoms with E-state index >= 15 is 0 Å².